The van der Waals surface area contributed by atoms with Gasteiger partial charge in [-0.05, 0) is 50.3 Å². The van der Waals surface area contributed by atoms with Crippen molar-refractivity contribution >= 4 is 5.69 Å². The first-order valence-corrected chi connectivity index (χ1v) is 9.69. The minimum atomic E-state index is -0.119. The van der Waals surface area contributed by atoms with Crippen LogP contribution in [0.25, 0.3) is 0 Å². The highest BCUT2D eigenvalue weighted by Crippen LogP contribution is 2.27. The van der Waals surface area contributed by atoms with Crippen molar-refractivity contribution in [2.75, 3.05) is 37.6 Å². The van der Waals surface area contributed by atoms with Crippen molar-refractivity contribution in [1.29, 1.82) is 0 Å². The molecular weight excluding hydrogens is 298 g/mol. The van der Waals surface area contributed by atoms with Crippen molar-refractivity contribution in [3.8, 4) is 0 Å². The van der Waals surface area contributed by atoms with Crippen LogP contribution < -0.4 is 4.90 Å². The summed E-state index contributed by atoms with van der Waals surface area (Å²) in [6, 6.07) is 10.3. The number of hydrogen-bond acceptors (Lipinski definition) is 4. The summed E-state index contributed by atoms with van der Waals surface area (Å²) in [7, 11) is 0. The zero-order chi connectivity index (χ0) is 16.5. The van der Waals surface area contributed by atoms with E-state index in [2.05, 4.69) is 45.9 Å². The summed E-state index contributed by atoms with van der Waals surface area (Å²) < 4.78 is 0. The molecule has 4 rings (SSSR count). The van der Waals surface area contributed by atoms with Gasteiger partial charge in [0.05, 0.1) is 6.10 Å². The van der Waals surface area contributed by atoms with Crippen LogP contribution in [0.4, 0.5) is 5.69 Å². The van der Waals surface area contributed by atoms with E-state index < -0.39 is 0 Å². The lowest BCUT2D eigenvalue weighted by atomic mass is 10.1. The van der Waals surface area contributed by atoms with E-state index in [4.69, 9.17) is 0 Å². The number of fused-ring (bicyclic) bond motifs is 1. The predicted molar refractivity (Wildman–Crippen MR) is 98.4 cm³/mol. The highest BCUT2D eigenvalue weighted by Gasteiger charge is 2.37. The highest BCUT2D eigenvalue weighted by atomic mass is 16.3. The Morgan fingerprint density at radius 1 is 1.00 bits per heavy atom. The molecule has 3 fully saturated rings. The van der Waals surface area contributed by atoms with E-state index >= 15 is 0 Å². The molecule has 3 aliphatic rings. The molecule has 0 bridgehead atoms. The van der Waals surface area contributed by atoms with Crippen molar-refractivity contribution in [2.45, 2.75) is 57.3 Å². The van der Waals surface area contributed by atoms with Crippen molar-refractivity contribution in [1.82, 2.24) is 9.80 Å². The van der Waals surface area contributed by atoms with Gasteiger partial charge in [-0.15, -0.1) is 0 Å². The van der Waals surface area contributed by atoms with Crippen molar-refractivity contribution in [2.24, 2.45) is 0 Å². The molecule has 4 nitrogen and oxygen atoms in total. The summed E-state index contributed by atoms with van der Waals surface area (Å²) in [5.74, 6) is 0. The van der Waals surface area contributed by atoms with E-state index in [-0.39, 0.29) is 6.10 Å². The Labute approximate surface area is 146 Å². The normalized spacial score (nSPS) is 32.1. The van der Waals surface area contributed by atoms with Gasteiger partial charge in [0.2, 0.25) is 0 Å². The molecule has 0 spiro atoms. The van der Waals surface area contributed by atoms with E-state index in [9.17, 15) is 5.11 Å². The molecule has 0 amide bonds. The van der Waals surface area contributed by atoms with Gasteiger partial charge in [0.15, 0.2) is 0 Å². The Bertz CT molecular complexity index is 540. The first-order chi connectivity index (χ1) is 11.7. The van der Waals surface area contributed by atoms with Crippen LogP contribution in [0.15, 0.2) is 24.3 Å². The number of piperazine rings is 1. The monoisotopic (exact) mass is 329 g/mol. The van der Waals surface area contributed by atoms with Crippen LogP contribution in [-0.4, -0.2) is 65.8 Å². The molecule has 3 aliphatic heterocycles. The number of piperidine rings is 1. The van der Waals surface area contributed by atoms with Gasteiger partial charge in [-0.3, -0.25) is 9.80 Å². The van der Waals surface area contributed by atoms with Crippen LogP contribution in [0.5, 0.6) is 0 Å². The quantitative estimate of drug-likeness (QED) is 0.922. The average Bonchev–Trinajstić information content (AvgIpc) is 2.95. The molecule has 3 saturated heterocycles. The predicted octanol–water partition coefficient (Wildman–Crippen LogP) is 2.32. The van der Waals surface area contributed by atoms with Gasteiger partial charge < -0.3 is 10.0 Å². The first kappa shape index (κ1) is 16.4. The van der Waals surface area contributed by atoms with Crippen molar-refractivity contribution in [3.05, 3.63) is 29.8 Å². The second kappa shape index (κ2) is 7.03. The van der Waals surface area contributed by atoms with Crippen LogP contribution in [0.1, 0.15) is 38.2 Å². The minimum Gasteiger partial charge on any atom is -0.392 e. The van der Waals surface area contributed by atoms with E-state index in [0.717, 1.165) is 32.6 Å². The second-order valence-corrected chi connectivity index (χ2v) is 7.99. The van der Waals surface area contributed by atoms with Crippen LogP contribution >= 0.6 is 0 Å². The number of aliphatic hydroxyl groups is 1. The summed E-state index contributed by atoms with van der Waals surface area (Å²) in [5.41, 5.74) is 2.80. The molecular formula is C20H31N3O. The lowest BCUT2D eigenvalue weighted by Gasteiger charge is -2.42. The van der Waals surface area contributed by atoms with Crippen molar-refractivity contribution < 1.29 is 5.11 Å². The molecule has 3 atom stereocenters. The number of benzene rings is 1. The highest BCUT2D eigenvalue weighted by molar-refractivity contribution is 5.47. The molecule has 1 aromatic rings. The number of hydrogen-bond donors (Lipinski definition) is 1. The third kappa shape index (κ3) is 3.46. The van der Waals surface area contributed by atoms with Crippen molar-refractivity contribution in [3.63, 3.8) is 0 Å². The summed E-state index contributed by atoms with van der Waals surface area (Å²) in [6.07, 6.45) is 4.87. The van der Waals surface area contributed by atoms with Gasteiger partial charge in [0.25, 0.3) is 0 Å². The maximum absolute atomic E-state index is 9.91. The number of aliphatic hydroxyl groups excluding tert-OH is 1. The fourth-order valence-corrected chi connectivity index (χ4v) is 4.70. The first-order valence-electron chi connectivity index (χ1n) is 9.69. The van der Waals surface area contributed by atoms with Crippen LogP contribution in [-0.2, 0) is 6.54 Å². The number of nitrogens with zero attached hydrogens (tertiary/aromatic N) is 3. The molecule has 4 heteroatoms. The molecule has 0 saturated carbocycles. The third-order valence-corrected chi connectivity index (χ3v) is 6.12. The molecule has 1 N–H and O–H groups in total. The Hall–Kier alpha value is -1.10. The molecule has 3 heterocycles. The van der Waals surface area contributed by atoms with E-state index in [0.29, 0.717) is 12.1 Å². The second-order valence-electron chi connectivity index (χ2n) is 7.99. The van der Waals surface area contributed by atoms with Gasteiger partial charge >= 0.3 is 0 Å². The maximum atomic E-state index is 9.91. The smallest absolute Gasteiger partial charge is 0.0682 e. The number of rotatable bonds is 3. The zero-order valence-electron chi connectivity index (χ0n) is 14.9. The molecule has 0 aliphatic carbocycles. The Morgan fingerprint density at radius 2 is 1.75 bits per heavy atom. The van der Waals surface area contributed by atoms with E-state index in [1.165, 1.54) is 43.6 Å². The zero-order valence-corrected chi connectivity index (χ0v) is 14.9. The molecule has 0 aromatic heterocycles. The Kier molecular flexibility index (Phi) is 4.79. The van der Waals surface area contributed by atoms with Gasteiger partial charge in [-0.25, -0.2) is 0 Å². The van der Waals surface area contributed by atoms with E-state index in [1.54, 1.807) is 0 Å². The topological polar surface area (TPSA) is 30.0 Å². The van der Waals surface area contributed by atoms with Gasteiger partial charge in [0, 0.05) is 57.0 Å². The van der Waals surface area contributed by atoms with E-state index in [1.807, 2.05) is 0 Å². The number of anilines is 1. The lowest BCUT2D eigenvalue weighted by molar-refractivity contribution is 0.0528. The minimum absolute atomic E-state index is 0.119. The molecule has 1 aromatic carbocycles. The third-order valence-electron chi connectivity index (χ3n) is 6.12. The molecule has 24 heavy (non-hydrogen) atoms. The van der Waals surface area contributed by atoms with Crippen LogP contribution in [0.3, 0.4) is 0 Å². The SMILES string of the molecule is C[C@H]1CN2C[C@H](O)C[C@H]2CN1Cc1ccc(N2CCCCC2)cc1. The molecule has 0 unspecified atom stereocenters. The van der Waals surface area contributed by atoms with Crippen LogP contribution in [0, 0.1) is 0 Å². The average molecular weight is 329 g/mol. The van der Waals surface area contributed by atoms with Gasteiger partial charge in [0.1, 0.15) is 0 Å². The summed E-state index contributed by atoms with van der Waals surface area (Å²) in [5, 5.41) is 9.91. The Morgan fingerprint density at radius 3 is 2.50 bits per heavy atom. The standard InChI is InChI=1S/C20H31N3O/c1-16-12-23-15-20(24)11-19(23)14-22(16)13-17-5-7-18(8-6-17)21-9-3-2-4-10-21/h5-8,16,19-20,24H,2-4,9-15H2,1H3/t16-,19-,20+/m0/s1. The molecule has 132 valence electrons. The maximum Gasteiger partial charge on any atom is 0.0682 e. The van der Waals surface area contributed by atoms with Gasteiger partial charge in [-0.1, -0.05) is 12.1 Å². The Balaban J connectivity index is 1.38. The summed E-state index contributed by atoms with van der Waals surface area (Å²) >= 11 is 0. The van der Waals surface area contributed by atoms with Crippen LogP contribution in [0.2, 0.25) is 0 Å². The lowest BCUT2D eigenvalue weighted by Crippen LogP contribution is -2.54. The largest absolute Gasteiger partial charge is 0.392 e. The summed E-state index contributed by atoms with van der Waals surface area (Å²) in [6.45, 7) is 8.82. The summed E-state index contributed by atoms with van der Waals surface area (Å²) in [4.78, 5) is 7.59. The molecule has 0 radical (unpaired) electrons. The fourth-order valence-electron chi connectivity index (χ4n) is 4.70. The fraction of sp³-hybridized carbons (Fsp3) is 0.700. The van der Waals surface area contributed by atoms with Gasteiger partial charge in [-0.2, -0.15) is 0 Å².